The van der Waals surface area contributed by atoms with Gasteiger partial charge in [-0.15, -0.1) is 0 Å². The van der Waals surface area contributed by atoms with Gasteiger partial charge in [-0.05, 0) is 44.4 Å². The van der Waals surface area contributed by atoms with Crippen molar-refractivity contribution in [1.82, 2.24) is 20.1 Å². The van der Waals surface area contributed by atoms with E-state index in [0.29, 0.717) is 30.6 Å². The van der Waals surface area contributed by atoms with Crippen LogP contribution in [0.1, 0.15) is 61.5 Å². The van der Waals surface area contributed by atoms with E-state index >= 15 is 0 Å². The maximum absolute atomic E-state index is 13.2. The molecule has 1 atom stereocenters. The monoisotopic (exact) mass is 421 g/mol. The molecule has 2 heterocycles. The predicted octanol–water partition coefficient (Wildman–Crippen LogP) is 3.57. The molecule has 3 N–H and O–H groups in total. The Balaban J connectivity index is 1.65. The summed E-state index contributed by atoms with van der Waals surface area (Å²) in [6, 6.07) is 6.65. The van der Waals surface area contributed by atoms with Crippen LogP contribution in [0.2, 0.25) is 0 Å². The average molecular weight is 422 g/mol. The van der Waals surface area contributed by atoms with Crippen LogP contribution >= 0.6 is 0 Å². The highest BCUT2D eigenvalue weighted by Gasteiger charge is 2.24. The van der Waals surface area contributed by atoms with Crippen LogP contribution in [0.15, 0.2) is 36.7 Å². The third-order valence-electron chi connectivity index (χ3n) is 5.82. The Labute approximate surface area is 180 Å². The van der Waals surface area contributed by atoms with Crippen molar-refractivity contribution in [3.05, 3.63) is 47.8 Å². The van der Waals surface area contributed by atoms with Gasteiger partial charge in [0.1, 0.15) is 11.5 Å². The summed E-state index contributed by atoms with van der Waals surface area (Å²) in [5.74, 6) is 0.182. The molecule has 0 spiro atoms. The van der Waals surface area contributed by atoms with E-state index in [1.807, 2.05) is 19.9 Å². The van der Waals surface area contributed by atoms with Gasteiger partial charge >= 0.3 is 0 Å². The number of aromatic hydroxyl groups is 1. The lowest BCUT2D eigenvalue weighted by Crippen LogP contribution is -2.30. The first-order chi connectivity index (χ1) is 15.0. The minimum Gasteiger partial charge on any atom is -0.508 e. The molecule has 1 aliphatic carbocycles. The molecule has 1 aromatic carbocycles. The van der Waals surface area contributed by atoms with Crippen LogP contribution in [0.25, 0.3) is 11.0 Å². The predicted molar refractivity (Wildman–Crippen MR) is 118 cm³/mol. The lowest BCUT2D eigenvalue weighted by atomic mass is 9.94. The van der Waals surface area contributed by atoms with E-state index in [9.17, 15) is 14.7 Å². The Kier molecular flexibility index (Phi) is 5.88. The number of anilines is 1. The molecule has 2 aromatic heterocycles. The molecule has 3 aromatic rings. The quantitative estimate of drug-likeness (QED) is 0.561. The highest BCUT2D eigenvalue weighted by Crippen LogP contribution is 2.30. The number of carbonyl (C=O) groups is 2. The summed E-state index contributed by atoms with van der Waals surface area (Å²) in [7, 11) is 0. The number of rotatable bonds is 6. The molecule has 0 radical (unpaired) electrons. The number of phenols is 1. The Morgan fingerprint density at radius 1 is 1.29 bits per heavy atom. The normalized spacial score (nSPS) is 15.7. The van der Waals surface area contributed by atoms with Crippen LogP contribution in [0.3, 0.4) is 0 Å². The van der Waals surface area contributed by atoms with Gasteiger partial charge in [-0.1, -0.05) is 12.1 Å². The number of Topliss-reactive ketones (excluding diaryl/α,β-unsaturated/α-hetero) is 1. The van der Waals surface area contributed by atoms with Crippen LogP contribution in [0.4, 0.5) is 5.69 Å². The lowest BCUT2D eigenvalue weighted by molar-refractivity contribution is -0.120. The molecule has 0 saturated heterocycles. The van der Waals surface area contributed by atoms with Crippen molar-refractivity contribution in [2.45, 2.75) is 58.2 Å². The third-order valence-corrected chi connectivity index (χ3v) is 5.82. The molecule has 0 aliphatic heterocycles. The fourth-order valence-electron chi connectivity index (χ4n) is 4.03. The van der Waals surface area contributed by atoms with Gasteiger partial charge in [-0.3, -0.25) is 9.59 Å². The zero-order valence-corrected chi connectivity index (χ0v) is 17.8. The minimum atomic E-state index is -0.297. The first-order valence-electron chi connectivity index (χ1n) is 10.7. The molecule has 162 valence electrons. The Morgan fingerprint density at radius 3 is 2.77 bits per heavy atom. The van der Waals surface area contributed by atoms with E-state index in [-0.39, 0.29) is 29.5 Å². The van der Waals surface area contributed by atoms with Crippen molar-refractivity contribution in [2.75, 3.05) is 5.32 Å². The molecule has 1 amide bonds. The fourth-order valence-corrected chi connectivity index (χ4v) is 4.03. The molecule has 1 aliphatic rings. The van der Waals surface area contributed by atoms with Gasteiger partial charge in [0.2, 0.25) is 0 Å². The maximum atomic E-state index is 13.2. The van der Waals surface area contributed by atoms with E-state index in [1.54, 1.807) is 35.3 Å². The number of ketones is 1. The molecule has 8 heteroatoms. The number of fused-ring (bicyclic) bond motifs is 1. The first kappa shape index (κ1) is 20.8. The van der Waals surface area contributed by atoms with E-state index in [0.717, 1.165) is 29.4 Å². The number of hydrogen-bond acceptors (Lipinski definition) is 6. The summed E-state index contributed by atoms with van der Waals surface area (Å²) >= 11 is 0. The smallest absolute Gasteiger partial charge is 0.255 e. The van der Waals surface area contributed by atoms with Crippen molar-refractivity contribution < 1.29 is 14.7 Å². The summed E-state index contributed by atoms with van der Waals surface area (Å²) < 4.78 is 1.79. The van der Waals surface area contributed by atoms with E-state index in [4.69, 9.17) is 0 Å². The van der Waals surface area contributed by atoms with E-state index in [1.165, 1.54) is 0 Å². The molecular formula is C23H27N5O3. The summed E-state index contributed by atoms with van der Waals surface area (Å²) in [6.45, 7) is 4.53. The number of aromatic nitrogens is 3. The Morgan fingerprint density at radius 2 is 2.06 bits per heavy atom. The second-order valence-electron chi connectivity index (χ2n) is 7.99. The standard InChI is InChI=1S/C23H27N5O3/c1-3-28-22-19(13-25-28)21(27-16-7-9-17(29)10-8-16)20(12-24-22)23(31)26-14(2)15-5-4-6-18(30)11-15/h4-6,11-14,16,30H,3,7-10H2,1-2H3,(H,24,27)(H,26,31). The summed E-state index contributed by atoms with van der Waals surface area (Å²) in [4.78, 5) is 29.3. The van der Waals surface area contributed by atoms with E-state index in [2.05, 4.69) is 20.7 Å². The van der Waals surface area contributed by atoms with Crippen molar-refractivity contribution in [1.29, 1.82) is 0 Å². The number of nitrogens with one attached hydrogen (secondary N) is 2. The molecule has 4 rings (SSSR count). The van der Waals surface area contributed by atoms with Gasteiger partial charge in [-0.25, -0.2) is 9.67 Å². The molecule has 1 fully saturated rings. The number of carbonyl (C=O) groups excluding carboxylic acids is 2. The van der Waals surface area contributed by atoms with Gasteiger partial charge in [0.25, 0.3) is 5.91 Å². The zero-order valence-electron chi connectivity index (χ0n) is 17.8. The zero-order chi connectivity index (χ0) is 22.0. The Hall–Kier alpha value is -3.42. The van der Waals surface area contributed by atoms with Crippen molar-refractivity contribution in [3.8, 4) is 5.75 Å². The average Bonchev–Trinajstić information content (AvgIpc) is 3.19. The summed E-state index contributed by atoms with van der Waals surface area (Å²) in [6.07, 6.45) is 5.90. The van der Waals surface area contributed by atoms with Crippen molar-refractivity contribution in [3.63, 3.8) is 0 Å². The van der Waals surface area contributed by atoms with Gasteiger partial charge in [0, 0.05) is 31.6 Å². The number of aryl methyl sites for hydroxylation is 1. The van der Waals surface area contributed by atoms with Gasteiger partial charge in [0.05, 0.1) is 28.9 Å². The third kappa shape index (κ3) is 4.38. The molecule has 31 heavy (non-hydrogen) atoms. The fraction of sp³-hybridized carbons (Fsp3) is 0.391. The van der Waals surface area contributed by atoms with Crippen molar-refractivity contribution in [2.24, 2.45) is 0 Å². The molecule has 1 saturated carbocycles. The van der Waals surface area contributed by atoms with E-state index < -0.39 is 0 Å². The number of amides is 1. The van der Waals surface area contributed by atoms with Gasteiger partial charge < -0.3 is 15.7 Å². The van der Waals surface area contributed by atoms with Crippen LogP contribution in [0, 0.1) is 0 Å². The SMILES string of the molecule is CCn1ncc2c(NC3CCC(=O)CC3)c(C(=O)NC(C)c3cccc(O)c3)cnc21. The van der Waals surface area contributed by atoms with Crippen LogP contribution in [-0.4, -0.2) is 37.6 Å². The number of pyridine rings is 1. The molecule has 0 bridgehead atoms. The van der Waals surface area contributed by atoms with Crippen molar-refractivity contribution >= 4 is 28.4 Å². The maximum Gasteiger partial charge on any atom is 0.255 e. The molecule has 1 unspecified atom stereocenters. The molecule has 8 nitrogen and oxygen atoms in total. The van der Waals surface area contributed by atoms with Gasteiger partial charge in [-0.2, -0.15) is 5.10 Å². The lowest BCUT2D eigenvalue weighted by Gasteiger charge is -2.25. The molecular weight excluding hydrogens is 394 g/mol. The number of hydrogen-bond donors (Lipinski definition) is 3. The summed E-state index contributed by atoms with van der Waals surface area (Å²) in [5, 5.41) is 21.4. The highest BCUT2D eigenvalue weighted by molar-refractivity contribution is 6.06. The largest absolute Gasteiger partial charge is 0.508 e. The second-order valence-corrected chi connectivity index (χ2v) is 7.99. The number of phenolic OH excluding ortho intramolecular Hbond substituents is 1. The topological polar surface area (TPSA) is 109 Å². The van der Waals surface area contributed by atoms with Gasteiger partial charge in [0.15, 0.2) is 5.65 Å². The minimum absolute atomic E-state index is 0.114. The Bertz CT molecular complexity index is 1110. The van der Waals surface area contributed by atoms with Crippen LogP contribution in [-0.2, 0) is 11.3 Å². The van der Waals surface area contributed by atoms with Crippen LogP contribution in [0.5, 0.6) is 5.75 Å². The number of benzene rings is 1. The summed E-state index contributed by atoms with van der Waals surface area (Å²) in [5.41, 5.74) is 2.66. The highest BCUT2D eigenvalue weighted by atomic mass is 16.3. The second kappa shape index (κ2) is 8.75. The first-order valence-corrected chi connectivity index (χ1v) is 10.7. The number of nitrogens with zero attached hydrogens (tertiary/aromatic N) is 3. The van der Waals surface area contributed by atoms with Crippen LogP contribution < -0.4 is 10.6 Å².